The SMILES string of the molecule is CCOC(=O)C[C@H]1CCC[C@H]1C(=O)N(C)c1ccccc1. The van der Waals surface area contributed by atoms with Gasteiger partial charge in [-0.05, 0) is 37.8 Å². The number of hydrogen-bond donors (Lipinski definition) is 0. The van der Waals surface area contributed by atoms with Gasteiger partial charge in [-0.3, -0.25) is 9.59 Å². The van der Waals surface area contributed by atoms with Gasteiger partial charge >= 0.3 is 5.97 Å². The van der Waals surface area contributed by atoms with Crippen molar-refractivity contribution in [1.29, 1.82) is 0 Å². The van der Waals surface area contributed by atoms with Crippen LogP contribution in [0.1, 0.15) is 32.6 Å². The number of rotatable bonds is 5. The Hall–Kier alpha value is -1.84. The third-order valence-corrected chi connectivity index (χ3v) is 4.18. The van der Waals surface area contributed by atoms with Crippen LogP contribution in [0.5, 0.6) is 0 Å². The smallest absolute Gasteiger partial charge is 0.306 e. The van der Waals surface area contributed by atoms with E-state index in [1.165, 1.54) is 0 Å². The van der Waals surface area contributed by atoms with Gasteiger partial charge in [-0.15, -0.1) is 0 Å². The number of carbonyl (C=O) groups is 2. The van der Waals surface area contributed by atoms with Crippen LogP contribution in [0.2, 0.25) is 0 Å². The maximum atomic E-state index is 12.7. The first-order valence-electron chi connectivity index (χ1n) is 7.61. The average molecular weight is 289 g/mol. The first-order valence-corrected chi connectivity index (χ1v) is 7.61. The largest absolute Gasteiger partial charge is 0.466 e. The number of ether oxygens (including phenoxy) is 1. The molecule has 0 heterocycles. The van der Waals surface area contributed by atoms with Crippen LogP contribution in [0, 0.1) is 11.8 Å². The van der Waals surface area contributed by atoms with Crippen molar-refractivity contribution >= 4 is 17.6 Å². The number of nitrogens with zero attached hydrogens (tertiary/aromatic N) is 1. The summed E-state index contributed by atoms with van der Waals surface area (Å²) in [5, 5.41) is 0. The van der Waals surface area contributed by atoms with Gasteiger partial charge in [0, 0.05) is 25.1 Å². The molecule has 1 saturated carbocycles. The zero-order valence-corrected chi connectivity index (χ0v) is 12.7. The van der Waals surface area contributed by atoms with E-state index in [2.05, 4.69) is 0 Å². The Morgan fingerprint density at radius 2 is 1.95 bits per heavy atom. The van der Waals surface area contributed by atoms with Gasteiger partial charge in [0.2, 0.25) is 5.91 Å². The van der Waals surface area contributed by atoms with Gasteiger partial charge in [-0.1, -0.05) is 24.6 Å². The van der Waals surface area contributed by atoms with E-state index in [9.17, 15) is 9.59 Å². The fourth-order valence-electron chi connectivity index (χ4n) is 3.07. The molecule has 0 aliphatic heterocycles. The van der Waals surface area contributed by atoms with Crippen molar-refractivity contribution in [2.75, 3.05) is 18.6 Å². The molecule has 2 atom stereocenters. The standard InChI is InChI=1S/C17H23NO3/c1-3-21-16(19)12-13-8-7-11-15(13)17(20)18(2)14-9-5-4-6-10-14/h4-6,9-10,13,15H,3,7-8,11-12H2,1-2H3/t13-,15-/m1/s1. The molecule has 0 aromatic heterocycles. The highest BCUT2D eigenvalue weighted by Crippen LogP contribution is 2.36. The number of anilines is 1. The minimum Gasteiger partial charge on any atom is -0.466 e. The Morgan fingerprint density at radius 3 is 2.62 bits per heavy atom. The van der Waals surface area contributed by atoms with Crippen LogP contribution in [0.3, 0.4) is 0 Å². The molecule has 114 valence electrons. The highest BCUT2D eigenvalue weighted by Gasteiger charge is 2.36. The number of amides is 1. The van der Waals surface area contributed by atoms with E-state index in [-0.39, 0.29) is 23.7 Å². The molecule has 1 aliphatic carbocycles. The zero-order chi connectivity index (χ0) is 15.2. The maximum Gasteiger partial charge on any atom is 0.306 e. The number of para-hydroxylation sites is 1. The van der Waals surface area contributed by atoms with Crippen LogP contribution >= 0.6 is 0 Å². The molecule has 0 N–H and O–H groups in total. The molecule has 0 bridgehead atoms. The lowest BCUT2D eigenvalue weighted by Gasteiger charge is -2.25. The topological polar surface area (TPSA) is 46.6 Å². The van der Waals surface area contributed by atoms with Crippen molar-refractivity contribution in [1.82, 2.24) is 0 Å². The predicted octanol–water partition coefficient (Wildman–Crippen LogP) is 3.02. The van der Waals surface area contributed by atoms with E-state index < -0.39 is 0 Å². The molecule has 2 rings (SSSR count). The molecule has 0 saturated heterocycles. The van der Waals surface area contributed by atoms with Crippen molar-refractivity contribution in [3.8, 4) is 0 Å². The molecule has 0 spiro atoms. The third kappa shape index (κ3) is 3.84. The lowest BCUT2D eigenvalue weighted by atomic mass is 9.91. The maximum absolute atomic E-state index is 12.7. The second kappa shape index (κ2) is 7.25. The summed E-state index contributed by atoms with van der Waals surface area (Å²) in [4.78, 5) is 26.0. The normalized spacial score (nSPS) is 21.0. The molecule has 4 nitrogen and oxygen atoms in total. The summed E-state index contributed by atoms with van der Waals surface area (Å²) in [6.45, 7) is 2.20. The summed E-state index contributed by atoms with van der Waals surface area (Å²) >= 11 is 0. The lowest BCUT2D eigenvalue weighted by molar-refractivity contribution is -0.144. The van der Waals surface area contributed by atoms with Crippen LogP contribution in [0.15, 0.2) is 30.3 Å². The van der Waals surface area contributed by atoms with E-state index >= 15 is 0 Å². The minimum absolute atomic E-state index is 0.0698. The van der Waals surface area contributed by atoms with Gasteiger partial charge in [0.1, 0.15) is 0 Å². The zero-order valence-electron chi connectivity index (χ0n) is 12.7. The van der Waals surface area contributed by atoms with Crippen molar-refractivity contribution in [2.45, 2.75) is 32.6 Å². The summed E-state index contributed by atoms with van der Waals surface area (Å²) in [6, 6.07) is 9.62. The first-order chi connectivity index (χ1) is 10.1. The Labute approximate surface area is 126 Å². The monoisotopic (exact) mass is 289 g/mol. The molecule has 0 radical (unpaired) electrons. The minimum atomic E-state index is -0.190. The van der Waals surface area contributed by atoms with E-state index in [4.69, 9.17) is 4.74 Å². The summed E-state index contributed by atoms with van der Waals surface area (Å²) < 4.78 is 5.01. The third-order valence-electron chi connectivity index (χ3n) is 4.18. The van der Waals surface area contributed by atoms with E-state index in [0.717, 1.165) is 24.9 Å². The first kappa shape index (κ1) is 15.5. The molecule has 1 aromatic rings. The van der Waals surface area contributed by atoms with E-state index in [0.29, 0.717) is 13.0 Å². The molecular weight excluding hydrogens is 266 g/mol. The van der Waals surface area contributed by atoms with Crippen LogP contribution < -0.4 is 4.90 Å². The summed E-state index contributed by atoms with van der Waals surface area (Å²) in [6.07, 6.45) is 3.15. The predicted molar refractivity (Wildman–Crippen MR) is 81.9 cm³/mol. The van der Waals surface area contributed by atoms with Gasteiger partial charge in [0.05, 0.1) is 6.61 Å². The summed E-state index contributed by atoms with van der Waals surface area (Å²) in [7, 11) is 1.80. The molecule has 1 fully saturated rings. The number of hydrogen-bond acceptors (Lipinski definition) is 3. The number of carbonyl (C=O) groups excluding carboxylic acids is 2. The van der Waals surface area contributed by atoms with E-state index in [1.807, 2.05) is 30.3 Å². The fourth-order valence-corrected chi connectivity index (χ4v) is 3.07. The second-order valence-electron chi connectivity index (χ2n) is 5.54. The molecule has 21 heavy (non-hydrogen) atoms. The highest BCUT2D eigenvalue weighted by molar-refractivity contribution is 5.95. The Kier molecular flexibility index (Phi) is 5.37. The average Bonchev–Trinajstić information content (AvgIpc) is 2.95. The van der Waals surface area contributed by atoms with Crippen LogP contribution in [-0.4, -0.2) is 25.5 Å². The van der Waals surface area contributed by atoms with Crippen LogP contribution in [-0.2, 0) is 14.3 Å². The van der Waals surface area contributed by atoms with E-state index in [1.54, 1.807) is 18.9 Å². The molecule has 1 amide bonds. The van der Waals surface area contributed by atoms with Gasteiger partial charge in [0.15, 0.2) is 0 Å². The van der Waals surface area contributed by atoms with Crippen molar-refractivity contribution < 1.29 is 14.3 Å². The van der Waals surface area contributed by atoms with Crippen LogP contribution in [0.25, 0.3) is 0 Å². The van der Waals surface area contributed by atoms with Crippen LogP contribution in [0.4, 0.5) is 5.69 Å². The van der Waals surface area contributed by atoms with Gasteiger partial charge < -0.3 is 9.64 Å². The van der Waals surface area contributed by atoms with Gasteiger partial charge in [0.25, 0.3) is 0 Å². The Bertz CT molecular complexity index is 486. The number of esters is 1. The second-order valence-corrected chi connectivity index (χ2v) is 5.54. The van der Waals surface area contributed by atoms with Gasteiger partial charge in [-0.2, -0.15) is 0 Å². The lowest BCUT2D eigenvalue weighted by Crippen LogP contribution is -2.35. The molecule has 0 unspecified atom stereocenters. The Morgan fingerprint density at radius 1 is 1.24 bits per heavy atom. The van der Waals surface area contributed by atoms with Crippen molar-refractivity contribution in [3.05, 3.63) is 30.3 Å². The summed E-state index contributed by atoms with van der Waals surface area (Å²) in [5.74, 6) is -0.0418. The molecule has 1 aromatic carbocycles. The number of benzene rings is 1. The highest BCUT2D eigenvalue weighted by atomic mass is 16.5. The molecule has 1 aliphatic rings. The molecular formula is C17H23NO3. The molecule has 4 heteroatoms. The Balaban J connectivity index is 2.02. The fraction of sp³-hybridized carbons (Fsp3) is 0.529. The van der Waals surface area contributed by atoms with Crippen molar-refractivity contribution in [3.63, 3.8) is 0 Å². The quantitative estimate of drug-likeness (QED) is 0.783. The van der Waals surface area contributed by atoms with Gasteiger partial charge in [-0.25, -0.2) is 0 Å². The van der Waals surface area contributed by atoms with Crippen molar-refractivity contribution in [2.24, 2.45) is 11.8 Å². The summed E-state index contributed by atoms with van der Waals surface area (Å²) in [5.41, 5.74) is 0.893.